The van der Waals surface area contributed by atoms with E-state index in [9.17, 15) is 4.79 Å². The summed E-state index contributed by atoms with van der Waals surface area (Å²) >= 11 is 5.69. The van der Waals surface area contributed by atoms with Gasteiger partial charge in [0.1, 0.15) is 12.0 Å². The number of fused-ring (bicyclic) bond motifs is 5. The Kier molecular flexibility index (Phi) is 8.18. The van der Waals surface area contributed by atoms with Crippen molar-refractivity contribution in [3.05, 3.63) is 11.6 Å². The van der Waals surface area contributed by atoms with Crippen molar-refractivity contribution < 1.29 is 9.53 Å². The molecule has 0 aliphatic heterocycles. The fourth-order valence-corrected chi connectivity index (χ4v) is 9.67. The number of allylic oxidation sites excluding steroid dienone is 1. The van der Waals surface area contributed by atoms with E-state index in [0.29, 0.717) is 10.8 Å². The number of carbonyl (C=O) groups excluding carboxylic acids is 1. The molecule has 4 rings (SSSR count). The highest BCUT2D eigenvalue weighted by Crippen LogP contribution is 2.67. The summed E-state index contributed by atoms with van der Waals surface area (Å²) < 4.78 is 5.65. The van der Waals surface area contributed by atoms with Gasteiger partial charge in [-0.3, -0.25) is 4.79 Å². The van der Waals surface area contributed by atoms with E-state index in [-0.39, 0.29) is 18.0 Å². The number of carbonyl (C=O) groups is 1. The quantitative estimate of drug-likeness (QED) is 0.193. The molecule has 0 bridgehead atoms. The normalized spacial score (nSPS) is 41.2. The molecule has 194 valence electrons. The van der Waals surface area contributed by atoms with Crippen LogP contribution in [0.1, 0.15) is 112 Å². The van der Waals surface area contributed by atoms with Crippen LogP contribution in [0.25, 0.3) is 0 Å². The summed E-state index contributed by atoms with van der Waals surface area (Å²) in [6, 6.07) is 0. The minimum atomic E-state index is -0.261. The lowest BCUT2D eigenvalue weighted by Gasteiger charge is -2.58. The molecule has 0 N–H and O–H groups in total. The maximum Gasteiger partial charge on any atom is 0.321 e. The predicted octanol–water partition coefficient (Wildman–Crippen LogP) is 8.81. The summed E-state index contributed by atoms with van der Waals surface area (Å²) in [6.45, 7) is 15.0. The Balaban J connectivity index is 1.44. The number of ether oxygens (including phenoxy) is 1. The molecule has 0 amide bonds. The van der Waals surface area contributed by atoms with Crippen LogP contribution in [0.4, 0.5) is 0 Å². The Labute approximate surface area is 215 Å². The SMILES string of the molecule is CCC(CCC(C)[C@H]1CC[C@H]2[C@@H]3CC=C4C[C@@H](OC(=O)CCl)CC[C@]4(C)[C@H]3CC[C@]12C)C(C)C. The number of halogens is 1. The van der Waals surface area contributed by atoms with Crippen LogP contribution in [0.2, 0.25) is 0 Å². The summed E-state index contributed by atoms with van der Waals surface area (Å²) in [5, 5.41) is 0. The van der Waals surface area contributed by atoms with Gasteiger partial charge in [0.25, 0.3) is 0 Å². The van der Waals surface area contributed by atoms with Crippen LogP contribution >= 0.6 is 11.6 Å². The van der Waals surface area contributed by atoms with Gasteiger partial charge in [0, 0.05) is 6.42 Å². The highest BCUT2D eigenvalue weighted by atomic mass is 35.5. The summed E-state index contributed by atoms with van der Waals surface area (Å²) in [4.78, 5) is 11.8. The van der Waals surface area contributed by atoms with Gasteiger partial charge < -0.3 is 4.74 Å². The molecule has 0 aromatic carbocycles. The molecule has 0 aromatic heterocycles. The van der Waals surface area contributed by atoms with Crippen LogP contribution in [-0.2, 0) is 9.53 Å². The summed E-state index contributed by atoms with van der Waals surface area (Å²) in [6.07, 6.45) is 16.8. The third kappa shape index (κ3) is 4.76. The molecule has 2 unspecified atom stereocenters. The van der Waals surface area contributed by atoms with Gasteiger partial charge in [-0.25, -0.2) is 0 Å². The first kappa shape index (κ1) is 26.6. The summed E-state index contributed by atoms with van der Waals surface area (Å²) in [5.41, 5.74) is 2.43. The first-order chi connectivity index (χ1) is 16.1. The Morgan fingerprint density at radius 2 is 1.85 bits per heavy atom. The standard InChI is InChI=1S/C31H51ClO2/c1-7-22(20(2)3)9-8-21(4)26-12-13-27-25-11-10-23-18-24(34-29(33)19-32)14-16-30(23,5)28(25)15-17-31(26,27)6/h10,20-22,24-28H,7-9,11-19H2,1-6H3/t21?,22?,24-,25-,26+,27-,28-,30-,31+/m0/s1. The molecule has 0 spiro atoms. The Morgan fingerprint density at radius 1 is 1.09 bits per heavy atom. The summed E-state index contributed by atoms with van der Waals surface area (Å²) in [7, 11) is 0. The highest BCUT2D eigenvalue weighted by molar-refractivity contribution is 6.26. The molecule has 0 radical (unpaired) electrons. The van der Waals surface area contributed by atoms with Gasteiger partial charge in [-0.05, 0) is 104 Å². The topological polar surface area (TPSA) is 26.3 Å². The maximum absolute atomic E-state index is 11.8. The smallest absolute Gasteiger partial charge is 0.321 e. The highest BCUT2D eigenvalue weighted by Gasteiger charge is 2.59. The van der Waals surface area contributed by atoms with Gasteiger partial charge in [-0.15, -0.1) is 11.6 Å². The van der Waals surface area contributed by atoms with Gasteiger partial charge >= 0.3 is 5.97 Å². The van der Waals surface area contributed by atoms with Gasteiger partial charge in [-0.1, -0.05) is 66.0 Å². The molecule has 0 aromatic rings. The Hall–Kier alpha value is -0.500. The average molecular weight is 491 g/mol. The third-order valence-electron chi connectivity index (χ3n) is 11.7. The van der Waals surface area contributed by atoms with Crippen LogP contribution in [-0.4, -0.2) is 18.0 Å². The third-order valence-corrected chi connectivity index (χ3v) is 11.9. The first-order valence-electron chi connectivity index (χ1n) is 14.6. The monoisotopic (exact) mass is 490 g/mol. The van der Waals surface area contributed by atoms with Crippen LogP contribution in [0, 0.1) is 52.3 Å². The number of alkyl halides is 1. The molecular formula is C31H51ClO2. The van der Waals surface area contributed by atoms with Crippen molar-refractivity contribution in [2.75, 3.05) is 5.88 Å². The number of esters is 1. The molecule has 34 heavy (non-hydrogen) atoms. The maximum atomic E-state index is 11.8. The second-order valence-corrected chi connectivity index (χ2v) is 13.7. The molecule has 4 aliphatic carbocycles. The second kappa shape index (κ2) is 10.5. The van der Waals surface area contributed by atoms with E-state index < -0.39 is 0 Å². The van der Waals surface area contributed by atoms with E-state index in [1.54, 1.807) is 5.57 Å². The minimum Gasteiger partial charge on any atom is -0.461 e. The van der Waals surface area contributed by atoms with E-state index in [1.807, 2.05) is 0 Å². The molecule has 3 saturated carbocycles. The number of hydrogen-bond donors (Lipinski definition) is 0. The lowest BCUT2D eigenvalue weighted by atomic mass is 9.47. The van der Waals surface area contributed by atoms with Crippen molar-refractivity contribution in [1.29, 1.82) is 0 Å². The van der Waals surface area contributed by atoms with Crippen LogP contribution < -0.4 is 0 Å². The van der Waals surface area contributed by atoms with E-state index in [1.165, 1.54) is 51.4 Å². The van der Waals surface area contributed by atoms with Crippen molar-refractivity contribution >= 4 is 17.6 Å². The fourth-order valence-electron chi connectivity index (χ4n) is 9.61. The first-order valence-corrected chi connectivity index (χ1v) is 15.1. The van der Waals surface area contributed by atoms with Gasteiger partial charge in [0.05, 0.1) is 0 Å². The van der Waals surface area contributed by atoms with E-state index >= 15 is 0 Å². The van der Waals surface area contributed by atoms with Gasteiger partial charge in [0.15, 0.2) is 0 Å². The molecule has 4 aliphatic rings. The van der Waals surface area contributed by atoms with Crippen LogP contribution in [0.15, 0.2) is 11.6 Å². The van der Waals surface area contributed by atoms with E-state index in [0.717, 1.165) is 60.7 Å². The molecule has 2 nitrogen and oxygen atoms in total. The van der Waals surface area contributed by atoms with Crippen LogP contribution in [0.5, 0.6) is 0 Å². The minimum absolute atomic E-state index is 0.0328. The zero-order valence-corrected chi connectivity index (χ0v) is 23.6. The molecule has 9 atom stereocenters. The Morgan fingerprint density at radius 3 is 2.53 bits per heavy atom. The fraction of sp³-hybridized carbons (Fsp3) is 0.903. The molecule has 0 saturated heterocycles. The van der Waals surface area contributed by atoms with E-state index in [4.69, 9.17) is 16.3 Å². The lowest BCUT2D eigenvalue weighted by molar-refractivity contribution is -0.148. The molecule has 3 fully saturated rings. The zero-order valence-electron chi connectivity index (χ0n) is 22.9. The van der Waals surface area contributed by atoms with Gasteiger partial charge in [0.2, 0.25) is 0 Å². The van der Waals surface area contributed by atoms with Crippen molar-refractivity contribution in [1.82, 2.24) is 0 Å². The average Bonchev–Trinajstić information content (AvgIpc) is 3.16. The molecular weight excluding hydrogens is 440 g/mol. The Bertz CT molecular complexity index is 759. The summed E-state index contributed by atoms with van der Waals surface area (Å²) in [5.74, 6) is 5.74. The zero-order chi connectivity index (χ0) is 24.7. The lowest BCUT2D eigenvalue weighted by Crippen LogP contribution is -2.51. The second-order valence-electron chi connectivity index (χ2n) is 13.4. The largest absolute Gasteiger partial charge is 0.461 e. The van der Waals surface area contributed by atoms with Crippen molar-refractivity contribution in [2.24, 2.45) is 52.3 Å². The molecule has 0 heterocycles. The van der Waals surface area contributed by atoms with Crippen LogP contribution in [0.3, 0.4) is 0 Å². The predicted molar refractivity (Wildman–Crippen MR) is 143 cm³/mol. The number of rotatable bonds is 8. The number of hydrogen-bond acceptors (Lipinski definition) is 2. The van der Waals surface area contributed by atoms with Crippen molar-refractivity contribution in [3.8, 4) is 0 Å². The van der Waals surface area contributed by atoms with Crippen molar-refractivity contribution in [3.63, 3.8) is 0 Å². The molecule has 3 heteroatoms. The van der Waals surface area contributed by atoms with Crippen molar-refractivity contribution in [2.45, 2.75) is 118 Å². The van der Waals surface area contributed by atoms with Gasteiger partial charge in [-0.2, -0.15) is 0 Å². The van der Waals surface area contributed by atoms with E-state index in [2.05, 4.69) is 47.6 Å².